The Bertz CT molecular complexity index is 399. The molecule has 18 heavy (non-hydrogen) atoms. The highest BCUT2D eigenvalue weighted by Gasteiger charge is 2.23. The fraction of sp³-hybridized carbons (Fsp3) is 0.500. The summed E-state index contributed by atoms with van der Waals surface area (Å²) in [7, 11) is 0. The maximum Gasteiger partial charge on any atom is 0.223 e. The van der Waals surface area contributed by atoms with Gasteiger partial charge >= 0.3 is 0 Å². The third-order valence-corrected chi connectivity index (χ3v) is 3.74. The topological polar surface area (TPSA) is 20.3 Å². The van der Waals surface area contributed by atoms with Gasteiger partial charge < -0.3 is 4.90 Å². The van der Waals surface area contributed by atoms with Crippen molar-refractivity contribution in [3.63, 3.8) is 0 Å². The van der Waals surface area contributed by atoms with E-state index in [9.17, 15) is 9.18 Å². The first-order valence-electron chi connectivity index (χ1n) is 6.35. The maximum atomic E-state index is 12.8. The average molecular weight is 267 g/mol. The smallest absolute Gasteiger partial charge is 0.223 e. The van der Waals surface area contributed by atoms with Crippen molar-refractivity contribution >= 4 is 18.5 Å². The van der Waals surface area contributed by atoms with E-state index in [0.29, 0.717) is 18.1 Å². The van der Waals surface area contributed by atoms with E-state index in [2.05, 4.69) is 12.6 Å². The lowest BCUT2D eigenvalue weighted by Crippen LogP contribution is -2.37. The quantitative estimate of drug-likeness (QED) is 0.835. The monoisotopic (exact) mass is 267 g/mol. The lowest BCUT2D eigenvalue weighted by molar-refractivity contribution is -0.131. The van der Waals surface area contributed by atoms with Crippen molar-refractivity contribution in [1.29, 1.82) is 0 Å². The minimum absolute atomic E-state index is 0.194. The number of amides is 1. The highest BCUT2D eigenvalue weighted by Crippen LogP contribution is 2.28. The van der Waals surface area contributed by atoms with Gasteiger partial charge in [0, 0.05) is 19.5 Å². The Morgan fingerprint density at radius 2 is 1.89 bits per heavy atom. The van der Waals surface area contributed by atoms with Crippen LogP contribution in [0.2, 0.25) is 0 Å². The van der Waals surface area contributed by atoms with E-state index in [1.54, 1.807) is 0 Å². The van der Waals surface area contributed by atoms with E-state index < -0.39 is 0 Å². The number of hydrogen-bond donors (Lipinski definition) is 1. The molecule has 1 aliphatic heterocycles. The molecule has 0 radical (unpaired) electrons. The molecule has 1 amide bonds. The zero-order chi connectivity index (χ0) is 13.0. The largest absolute Gasteiger partial charge is 0.343 e. The lowest BCUT2D eigenvalue weighted by atomic mass is 9.89. The molecule has 0 unspecified atom stereocenters. The Labute approximate surface area is 113 Å². The first-order chi connectivity index (χ1) is 8.70. The van der Waals surface area contributed by atoms with Crippen molar-refractivity contribution < 1.29 is 9.18 Å². The molecule has 4 heteroatoms. The third-order valence-electron chi connectivity index (χ3n) is 3.51. The van der Waals surface area contributed by atoms with E-state index in [1.807, 2.05) is 17.0 Å². The second-order valence-electron chi connectivity index (χ2n) is 4.68. The van der Waals surface area contributed by atoms with Gasteiger partial charge in [0.15, 0.2) is 0 Å². The van der Waals surface area contributed by atoms with Gasteiger partial charge in [0.2, 0.25) is 5.91 Å². The third kappa shape index (κ3) is 3.25. The van der Waals surface area contributed by atoms with E-state index in [0.717, 1.165) is 25.9 Å². The minimum Gasteiger partial charge on any atom is -0.343 e. The molecule has 0 atom stereocenters. The summed E-state index contributed by atoms with van der Waals surface area (Å²) in [5.74, 6) is 1.06. The predicted octanol–water partition coefficient (Wildman–Crippen LogP) is 2.85. The van der Waals surface area contributed by atoms with Crippen LogP contribution in [0.4, 0.5) is 4.39 Å². The van der Waals surface area contributed by atoms with Crippen molar-refractivity contribution in [1.82, 2.24) is 4.90 Å². The number of thiol groups is 1. The number of hydrogen-bond acceptors (Lipinski definition) is 2. The van der Waals surface area contributed by atoms with Crippen LogP contribution in [0.1, 0.15) is 30.7 Å². The standard InChI is InChI=1S/C14H18FNOS/c15-13-3-1-11(2-4-13)12-5-8-16(9-6-12)14(17)7-10-18/h1-4,12,18H,5-10H2. The number of benzene rings is 1. The van der Waals surface area contributed by atoms with Gasteiger partial charge in [-0.2, -0.15) is 12.6 Å². The summed E-state index contributed by atoms with van der Waals surface area (Å²) >= 11 is 4.08. The fourth-order valence-electron chi connectivity index (χ4n) is 2.45. The number of carbonyl (C=O) groups excluding carboxylic acids is 1. The van der Waals surface area contributed by atoms with Crippen molar-refractivity contribution in [3.05, 3.63) is 35.6 Å². The number of rotatable bonds is 3. The van der Waals surface area contributed by atoms with Gasteiger partial charge in [0.1, 0.15) is 5.82 Å². The van der Waals surface area contributed by atoms with Crippen LogP contribution in [0.25, 0.3) is 0 Å². The molecule has 2 nitrogen and oxygen atoms in total. The number of halogens is 1. The molecule has 1 fully saturated rings. The molecular weight excluding hydrogens is 249 g/mol. The molecule has 0 saturated carbocycles. The van der Waals surface area contributed by atoms with Crippen molar-refractivity contribution in [2.45, 2.75) is 25.2 Å². The first kappa shape index (κ1) is 13.4. The second-order valence-corrected chi connectivity index (χ2v) is 5.13. The number of nitrogens with zero attached hydrogens (tertiary/aromatic N) is 1. The molecule has 1 aliphatic rings. The van der Waals surface area contributed by atoms with Crippen LogP contribution in [0, 0.1) is 5.82 Å². The van der Waals surface area contributed by atoms with Gasteiger partial charge in [-0.05, 0) is 42.2 Å². The Hall–Kier alpha value is -1.03. The van der Waals surface area contributed by atoms with Gasteiger partial charge in [-0.1, -0.05) is 12.1 Å². The van der Waals surface area contributed by atoms with Crippen LogP contribution in [0.15, 0.2) is 24.3 Å². The summed E-state index contributed by atoms with van der Waals surface area (Å²) in [4.78, 5) is 13.6. The van der Waals surface area contributed by atoms with E-state index in [1.165, 1.54) is 17.7 Å². The summed E-state index contributed by atoms with van der Waals surface area (Å²) in [5.41, 5.74) is 1.18. The maximum absolute atomic E-state index is 12.8. The average Bonchev–Trinajstić information content (AvgIpc) is 2.40. The highest BCUT2D eigenvalue weighted by molar-refractivity contribution is 7.80. The summed E-state index contributed by atoms with van der Waals surface area (Å²) in [6.45, 7) is 1.60. The summed E-state index contributed by atoms with van der Waals surface area (Å²) in [6.07, 6.45) is 2.44. The van der Waals surface area contributed by atoms with E-state index in [4.69, 9.17) is 0 Å². The molecule has 0 bridgehead atoms. The van der Waals surface area contributed by atoms with Crippen molar-refractivity contribution in [2.75, 3.05) is 18.8 Å². The van der Waals surface area contributed by atoms with Crippen molar-refractivity contribution in [2.24, 2.45) is 0 Å². The van der Waals surface area contributed by atoms with E-state index in [-0.39, 0.29) is 11.7 Å². The van der Waals surface area contributed by atoms with Crippen LogP contribution in [0.5, 0.6) is 0 Å². The Morgan fingerprint density at radius 3 is 2.44 bits per heavy atom. The Morgan fingerprint density at radius 1 is 1.28 bits per heavy atom. The van der Waals surface area contributed by atoms with Gasteiger partial charge in [-0.15, -0.1) is 0 Å². The molecule has 0 aliphatic carbocycles. The fourth-order valence-corrected chi connectivity index (χ4v) is 2.64. The second kappa shape index (κ2) is 6.23. The van der Waals surface area contributed by atoms with Gasteiger partial charge in [0.05, 0.1) is 0 Å². The Balaban J connectivity index is 1.90. The zero-order valence-corrected chi connectivity index (χ0v) is 11.2. The lowest BCUT2D eigenvalue weighted by Gasteiger charge is -2.32. The summed E-state index contributed by atoms with van der Waals surface area (Å²) in [6, 6.07) is 6.72. The molecule has 0 aromatic heterocycles. The zero-order valence-electron chi connectivity index (χ0n) is 10.3. The van der Waals surface area contributed by atoms with Crippen LogP contribution in [0.3, 0.4) is 0 Å². The molecule has 2 rings (SSSR count). The van der Waals surface area contributed by atoms with Gasteiger partial charge in [0.25, 0.3) is 0 Å². The van der Waals surface area contributed by atoms with Crippen molar-refractivity contribution in [3.8, 4) is 0 Å². The normalized spacial score (nSPS) is 16.9. The number of piperidine rings is 1. The van der Waals surface area contributed by atoms with Crippen LogP contribution >= 0.6 is 12.6 Å². The predicted molar refractivity (Wildman–Crippen MR) is 73.4 cm³/mol. The van der Waals surface area contributed by atoms with Gasteiger partial charge in [-0.25, -0.2) is 4.39 Å². The number of carbonyl (C=O) groups is 1. The molecular formula is C14H18FNOS. The molecule has 1 aromatic carbocycles. The van der Waals surface area contributed by atoms with E-state index >= 15 is 0 Å². The molecule has 0 N–H and O–H groups in total. The molecule has 0 spiro atoms. The van der Waals surface area contributed by atoms with Gasteiger partial charge in [-0.3, -0.25) is 4.79 Å². The molecule has 1 saturated heterocycles. The minimum atomic E-state index is -0.194. The molecule has 98 valence electrons. The van der Waals surface area contributed by atoms with Crippen LogP contribution in [-0.4, -0.2) is 29.6 Å². The summed E-state index contributed by atoms with van der Waals surface area (Å²) < 4.78 is 12.8. The van der Waals surface area contributed by atoms with Crippen LogP contribution in [-0.2, 0) is 4.79 Å². The first-order valence-corrected chi connectivity index (χ1v) is 6.98. The summed E-state index contributed by atoms with van der Waals surface area (Å²) in [5, 5.41) is 0. The number of likely N-dealkylation sites (tertiary alicyclic amines) is 1. The highest BCUT2D eigenvalue weighted by atomic mass is 32.1. The molecule has 1 aromatic rings. The van der Waals surface area contributed by atoms with Crippen LogP contribution < -0.4 is 0 Å². The Kier molecular flexibility index (Phi) is 4.64. The SMILES string of the molecule is O=C(CCS)N1CCC(c2ccc(F)cc2)CC1. The molecule has 1 heterocycles.